The van der Waals surface area contributed by atoms with Crippen LogP contribution in [-0.2, 0) is 4.74 Å². The minimum atomic E-state index is -0.363. The summed E-state index contributed by atoms with van der Waals surface area (Å²) in [5, 5.41) is 5.76. The molecule has 1 atom stereocenters. The smallest absolute Gasteiger partial charge is 0.257 e. The van der Waals surface area contributed by atoms with Crippen molar-refractivity contribution in [3.8, 4) is 0 Å². The van der Waals surface area contributed by atoms with Crippen molar-refractivity contribution in [1.29, 1.82) is 0 Å². The van der Waals surface area contributed by atoms with Gasteiger partial charge in [0.1, 0.15) is 5.82 Å². The zero-order chi connectivity index (χ0) is 18.4. The maximum absolute atomic E-state index is 13.4. The molecule has 1 saturated heterocycles. The molecular formula is C20H22FN3O2. The van der Waals surface area contributed by atoms with E-state index in [2.05, 4.69) is 15.6 Å². The highest BCUT2D eigenvalue weighted by Crippen LogP contribution is 2.13. The Kier molecular flexibility index (Phi) is 5.96. The molecule has 1 heterocycles. The second-order valence-corrected chi connectivity index (χ2v) is 6.28. The van der Waals surface area contributed by atoms with Crippen LogP contribution in [-0.4, -0.2) is 31.1 Å². The van der Waals surface area contributed by atoms with Crippen molar-refractivity contribution in [3.05, 3.63) is 65.5 Å². The van der Waals surface area contributed by atoms with E-state index in [1.54, 1.807) is 24.3 Å². The lowest BCUT2D eigenvalue weighted by atomic mass is 10.1. The van der Waals surface area contributed by atoms with Gasteiger partial charge in [0, 0.05) is 17.9 Å². The molecule has 0 radical (unpaired) electrons. The molecule has 0 aliphatic carbocycles. The fourth-order valence-corrected chi connectivity index (χ4v) is 2.76. The van der Waals surface area contributed by atoms with Crippen molar-refractivity contribution in [2.75, 3.05) is 18.5 Å². The van der Waals surface area contributed by atoms with Gasteiger partial charge in [-0.2, -0.15) is 0 Å². The molecular weight excluding hydrogens is 333 g/mol. The molecule has 136 valence electrons. The number of aryl methyl sites for hydroxylation is 1. The number of rotatable bonds is 4. The fourth-order valence-electron chi connectivity index (χ4n) is 2.76. The van der Waals surface area contributed by atoms with Crippen molar-refractivity contribution in [2.45, 2.75) is 25.9 Å². The Hall–Kier alpha value is -2.73. The summed E-state index contributed by atoms with van der Waals surface area (Å²) >= 11 is 0. The molecule has 0 saturated carbocycles. The Bertz CT molecular complexity index is 801. The number of benzene rings is 2. The monoisotopic (exact) mass is 355 g/mol. The standard InChI is InChI=1S/C20H22FN3O2/c1-14-5-2-6-15(11-14)19(25)24-20(22-13-18-9-4-10-26-18)23-17-8-3-7-16(21)12-17/h2-3,5-8,11-12,18H,4,9-10,13H2,1H3,(H2,22,23,24,25). The van der Waals surface area contributed by atoms with Crippen molar-refractivity contribution in [1.82, 2.24) is 5.32 Å². The van der Waals surface area contributed by atoms with Gasteiger partial charge in [0.2, 0.25) is 5.96 Å². The lowest BCUT2D eigenvalue weighted by Gasteiger charge is -2.13. The Morgan fingerprint density at radius 3 is 2.85 bits per heavy atom. The van der Waals surface area contributed by atoms with Gasteiger partial charge in [0.25, 0.3) is 5.91 Å². The molecule has 1 unspecified atom stereocenters. The van der Waals surface area contributed by atoms with Gasteiger partial charge < -0.3 is 10.1 Å². The van der Waals surface area contributed by atoms with Crippen LogP contribution in [0.25, 0.3) is 0 Å². The first-order chi connectivity index (χ1) is 12.6. The first-order valence-electron chi connectivity index (χ1n) is 8.67. The summed E-state index contributed by atoms with van der Waals surface area (Å²) in [4.78, 5) is 17.0. The molecule has 0 aromatic heterocycles. The minimum Gasteiger partial charge on any atom is -0.376 e. The highest BCUT2D eigenvalue weighted by atomic mass is 19.1. The molecule has 0 spiro atoms. The number of nitrogens with zero attached hydrogens (tertiary/aromatic N) is 1. The van der Waals surface area contributed by atoms with E-state index in [9.17, 15) is 9.18 Å². The molecule has 1 aliphatic rings. The first kappa shape index (κ1) is 18.1. The van der Waals surface area contributed by atoms with Crippen LogP contribution in [0.3, 0.4) is 0 Å². The third-order valence-corrected chi connectivity index (χ3v) is 4.08. The van der Waals surface area contributed by atoms with E-state index in [4.69, 9.17) is 4.74 Å². The number of hydrogen-bond donors (Lipinski definition) is 2. The van der Waals surface area contributed by atoms with Crippen LogP contribution in [0, 0.1) is 12.7 Å². The fraction of sp³-hybridized carbons (Fsp3) is 0.300. The predicted molar refractivity (Wildman–Crippen MR) is 99.9 cm³/mol. The van der Waals surface area contributed by atoms with Gasteiger partial charge >= 0.3 is 0 Å². The third kappa shape index (κ3) is 5.13. The van der Waals surface area contributed by atoms with Crippen LogP contribution in [0.1, 0.15) is 28.8 Å². The average molecular weight is 355 g/mol. The van der Waals surface area contributed by atoms with Gasteiger partial charge in [0.15, 0.2) is 0 Å². The molecule has 0 bridgehead atoms. The molecule has 1 fully saturated rings. The van der Waals surface area contributed by atoms with Crippen molar-refractivity contribution in [2.24, 2.45) is 4.99 Å². The number of anilines is 1. The van der Waals surface area contributed by atoms with Crippen molar-refractivity contribution in [3.63, 3.8) is 0 Å². The summed E-state index contributed by atoms with van der Waals surface area (Å²) in [5.41, 5.74) is 2.05. The Labute approximate surface area is 152 Å². The highest BCUT2D eigenvalue weighted by Gasteiger charge is 2.16. The number of aliphatic imine (C=N–C) groups is 1. The Morgan fingerprint density at radius 2 is 2.12 bits per heavy atom. The van der Waals surface area contributed by atoms with Gasteiger partial charge in [-0.3, -0.25) is 10.1 Å². The van der Waals surface area contributed by atoms with Crippen LogP contribution < -0.4 is 10.6 Å². The summed E-state index contributed by atoms with van der Waals surface area (Å²) in [7, 11) is 0. The van der Waals surface area contributed by atoms with Crippen LogP contribution in [0.2, 0.25) is 0 Å². The summed E-state index contributed by atoms with van der Waals surface area (Å²) < 4.78 is 19.0. The Morgan fingerprint density at radius 1 is 1.27 bits per heavy atom. The summed E-state index contributed by atoms with van der Waals surface area (Å²) in [6.45, 7) is 3.10. The van der Waals surface area contributed by atoms with Gasteiger partial charge in [-0.1, -0.05) is 23.8 Å². The molecule has 2 aromatic carbocycles. The maximum Gasteiger partial charge on any atom is 0.257 e. The number of halogens is 1. The van der Waals surface area contributed by atoms with Gasteiger partial charge in [-0.15, -0.1) is 0 Å². The van der Waals surface area contributed by atoms with E-state index in [-0.39, 0.29) is 23.8 Å². The first-order valence-corrected chi connectivity index (χ1v) is 8.67. The second-order valence-electron chi connectivity index (χ2n) is 6.28. The molecule has 26 heavy (non-hydrogen) atoms. The largest absolute Gasteiger partial charge is 0.376 e. The third-order valence-electron chi connectivity index (χ3n) is 4.08. The predicted octanol–water partition coefficient (Wildman–Crippen LogP) is 3.51. The number of hydrogen-bond acceptors (Lipinski definition) is 3. The van der Waals surface area contributed by atoms with Gasteiger partial charge in [0.05, 0.1) is 12.6 Å². The zero-order valence-corrected chi connectivity index (χ0v) is 14.7. The Balaban J connectivity index is 1.75. The number of nitrogens with one attached hydrogen (secondary N) is 2. The SMILES string of the molecule is Cc1cccc(C(=O)NC(=NCC2CCCO2)Nc2cccc(F)c2)c1. The summed E-state index contributed by atoms with van der Waals surface area (Å²) in [6, 6.07) is 13.3. The molecule has 1 aliphatic heterocycles. The number of carbonyl (C=O) groups is 1. The zero-order valence-electron chi connectivity index (χ0n) is 14.7. The average Bonchev–Trinajstić information content (AvgIpc) is 3.13. The number of amides is 1. The topological polar surface area (TPSA) is 62.7 Å². The van der Waals surface area contributed by atoms with E-state index < -0.39 is 0 Å². The van der Waals surface area contributed by atoms with E-state index in [0.29, 0.717) is 17.8 Å². The summed E-state index contributed by atoms with van der Waals surface area (Å²) in [5.74, 6) is -0.361. The normalized spacial score (nSPS) is 17.2. The summed E-state index contributed by atoms with van der Waals surface area (Å²) in [6.07, 6.45) is 2.01. The van der Waals surface area contributed by atoms with E-state index in [1.807, 2.05) is 19.1 Å². The number of guanidine groups is 1. The van der Waals surface area contributed by atoms with Gasteiger partial charge in [-0.25, -0.2) is 9.38 Å². The van der Waals surface area contributed by atoms with Crippen LogP contribution in [0.5, 0.6) is 0 Å². The molecule has 1 amide bonds. The highest BCUT2D eigenvalue weighted by molar-refractivity contribution is 6.10. The van der Waals surface area contributed by atoms with Crippen molar-refractivity contribution < 1.29 is 13.9 Å². The molecule has 5 nitrogen and oxygen atoms in total. The van der Waals surface area contributed by atoms with E-state index in [1.165, 1.54) is 12.1 Å². The molecule has 3 rings (SSSR count). The molecule has 6 heteroatoms. The minimum absolute atomic E-state index is 0.0511. The van der Waals surface area contributed by atoms with Crippen LogP contribution in [0.4, 0.5) is 10.1 Å². The quantitative estimate of drug-likeness (QED) is 0.652. The van der Waals surface area contributed by atoms with E-state index in [0.717, 1.165) is 25.0 Å². The van der Waals surface area contributed by atoms with Crippen molar-refractivity contribution >= 4 is 17.6 Å². The van der Waals surface area contributed by atoms with Gasteiger partial charge in [-0.05, 0) is 50.1 Å². The molecule has 2 aromatic rings. The number of carbonyl (C=O) groups excluding carboxylic acids is 1. The second kappa shape index (κ2) is 8.58. The lowest BCUT2D eigenvalue weighted by Crippen LogP contribution is -2.36. The van der Waals surface area contributed by atoms with Crippen LogP contribution >= 0.6 is 0 Å². The molecule has 2 N–H and O–H groups in total. The van der Waals surface area contributed by atoms with Crippen LogP contribution in [0.15, 0.2) is 53.5 Å². The lowest BCUT2D eigenvalue weighted by molar-refractivity contribution is 0.0975. The van der Waals surface area contributed by atoms with E-state index >= 15 is 0 Å². The number of ether oxygens (including phenoxy) is 1. The maximum atomic E-state index is 13.4.